The third kappa shape index (κ3) is 5.30. The van der Waals surface area contributed by atoms with Crippen molar-refractivity contribution in [1.29, 1.82) is 0 Å². The summed E-state index contributed by atoms with van der Waals surface area (Å²) in [6.45, 7) is 5.40. The molecule has 1 fully saturated rings. The van der Waals surface area contributed by atoms with Gasteiger partial charge in [0.15, 0.2) is 0 Å². The number of sulfonamides is 1. The summed E-state index contributed by atoms with van der Waals surface area (Å²) in [4.78, 5) is 5.09. The first kappa shape index (κ1) is 19.4. The van der Waals surface area contributed by atoms with E-state index in [4.69, 9.17) is 0 Å². The second-order valence-electron chi connectivity index (χ2n) is 6.37. The van der Waals surface area contributed by atoms with Gasteiger partial charge in [0.25, 0.3) is 0 Å². The average molecular weight is 438 g/mol. The molecule has 1 aliphatic rings. The molecule has 1 saturated heterocycles. The van der Waals surface area contributed by atoms with Gasteiger partial charge in [-0.2, -0.15) is 0 Å². The van der Waals surface area contributed by atoms with Crippen LogP contribution in [0.1, 0.15) is 6.42 Å². The number of para-hydroxylation sites is 1. The Morgan fingerprint density at radius 3 is 2.23 bits per heavy atom. The Morgan fingerprint density at radius 2 is 1.58 bits per heavy atom. The van der Waals surface area contributed by atoms with Crippen LogP contribution in [0.5, 0.6) is 0 Å². The summed E-state index contributed by atoms with van der Waals surface area (Å²) in [6, 6.07) is 17.2. The second kappa shape index (κ2) is 8.99. The molecule has 0 aliphatic carbocycles. The Hall–Kier alpha value is -1.41. The van der Waals surface area contributed by atoms with Gasteiger partial charge in [-0.3, -0.25) is 4.90 Å². The van der Waals surface area contributed by atoms with Gasteiger partial charge in [-0.15, -0.1) is 0 Å². The zero-order valence-electron chi connectivity index (χ0n) is 14.6. The predicted molar refractivity (Wildman–Crippen MR) is 109 cm³/mol. The lowest BCUT2D eigenvalue weighted by Crippen LogP contribution is -2.47. The summed E-state index contributed by atoms with van der Waals surface area (Å²) < 4.78 is 28.1. The largest absolute Gasteiger partial charge is 0.369 e. The molecule has 1 N–H and O–H groups in total. The van der Waals surface area contributed by atoms with E-state index in [9.17, 15) is 8.42 Å². The lowest BCUT2D eigenvalue weighted by atomic mass is 10.2. The van der Waals surface area contributed by atoms with Crippen molar-refractivity contribution in [2.24, 2.45) is 0 Å². The third-order valence-electron chi connectivity index (χ3n) is 4.56. The van der Waals surface area contributed by atoms with Crippen molar-refractivity contribution >= 4 is 31.6 Å². The average Bonchev–Trinajstić information content (AvgIpc) is 2.67. The Morgan fingerprint density at radius 1 is 0.923 bits per heavy atom. The lowest BCUT2D eigenvalue weighted by Gasteiger charge is -2.36. The highest BCUT2D eigenvalue weighted by molar-refractivity contribution is 9.10. The van der Waals surface area contributed by atoms with Crippen molar-refractivity contribution in [2.45, 2.75) is 11.3 Å². The zero-order chi connectivity index (χ0) is 18.4. The quantitative estimate of drug-likeness (QED) is 0.676. The fourth-order valence-corrected chi connectivity index (χ4v) is 4.41. The molecule has 2 aromatic carbocycles. The topological polar surface area (TPSA) is 52.7 Å². The highest BCUT2D eigenvalue weighted by Gasteiger charge is 2.17. The monoisotopic (exact) mass is 437 g/mol. The first-order valence-electron chi connectivity index (χ1n) is 8.82. The van der Waals surface area contributed by atoms with Gasteiger partial charge in [-0.25, -0.2) is 13.1 Å². The molecule has 2 aromatic rings. The van der Waals surface area contributed by atoms with Crippen LogP contribution in [-0.4, -0.2) is 52.6 Å². The van der Waals surface area contributed by atoms with Crippen LogP contribution in [-0.2, 0) is 10.0 Å². The molecule has 26 heavy (non-hydrogen) atoms. The molecule has 140 valence electrons. The Labute approximate surface area is 164 Å². The summed E-state index contributed by atoms with van der Waals surface area (Å²) >= 11 is 3.31. The number of halogens is 1. The van der Waals surface area contributed by atoms with Crippen molar-refractivity contribution in [3.8, 4) is 0 Å². The van der Waals surface area contributed by atoms with Crippen LogP contribution >= 0.6 is 15.9 Å². The minimum atomic E-state index is -3.42. The number of rotatable bonds is 7. The van der Waals surface area contributed by atoms with Crippen LogP contribution in [0.15, 0.2) is 64.0 Å². The number of hydrogen-bond acceptors (Lipinski definition) is 4. The highest BCUT2D eigenvalue weighted by Crippen LogP contribution is 2.16. The van der Waals surface area contributed by atoms with E-state index in [0.717, 1.165) is 43.6 Å². The minimum Gasteiger partial charge on any atom is -0.369 e. The molecule has 5 nitrogen and oxygen atoms in total. The van der Waals surface area contributed by atoms with E-state index in [1.807, 2.05) is 6.07 Å². The number of benzene rings is 2. The lowest BCUT2D eigenvalue weighted by molar-refractivity contribution is 0.255. The molecule has 0 saturated carbocycles. The van der Waals surface area contributed by atoms with Crippen molar-refractivity contribution in [1.82, 2.24) is 9.62 Å². The molecule has 3 rings (SSSR count). The molecule has 0 amide bonds. The van der Waals surface area contributed by atoms with E-state index in [1.54, 1.807) is 24.3 Å². The standard InChI is InChI=1S/C19H24BrN3O2S/c20-17-7-9-19(10-8-17)26(24,25)21-11-4-12-22-13-15-23(16-14-22)18-5-2-1-3-6-18/h1-3,5-10,21H,4,11-16H2. The first-order chi connectivity index (χ1) is 12.5. The van der Waals surface area contributed by atoms with Gasteiger partial charge in [-0.05, 0) is 49.4 Å². The van der Waals surface area contributed by atoms with Crippen LogP contribution in [0.3, 0.4) is 0 Å². The van der Waals surface area contributed by atoms with Crippen LogP contribution in [0, 0.1) is 0 Å². The van der Waals surface area contributed by atoms with E-state index in [-0.39, 0.29) is 0 Å². The van der Waals surface area contributed by atoms with Gasteiger partial charge < -0.3 is 4.90 Å². The fraction of sp³-hybridized carbons (Fsp3) is 0.368. The molecule has 0 atom stereocenters. The molecular weight excluding hydrogens is 414 g/mol. The first-order valence-corrected chi connectivity index (χ1v) is 11.1. The van der Waals surface area contributed by atoms with Gasteiger partial charge >= 0.3 is 0 Å². The van der Waals surface area contributed by atoms with E-state index in [2.05, 4.69) is 54.7 Å². The number of anilines is 1. The highest BCUT2D eigenvalue weighted by atomic mass is 79.9. The van der Waals surface area contributed by atoms with Crippen molar-refractivity contribution in [3.63, 3.8) is 0 Å². The molecule has 0 radical (unpaired) electrons. The summed E-state index contributed by atoms with van der Waals surface area (Å²) in [5.74, 6) is 0. The zero-order valence-corrected chi connectivity index (χ0v) is 17.0. The van der Waals surface area contributed by atoms with Gasteiger partial charge in [0.2, 0.25) is 10.0 Å². The number of nitrogens with one attached hydrogen (secondary N) is 1. The van der Waals surface area contributed by atoms with Crippen molar-refractivity contribution < 1.29 is 8.42 Å². The maximum atomic E-state index is 12.2. The molecular formula is C19H24BrN3O2S. The van der Waals surface area contributed by atoms with Gasteiger partial charge in [-0.1, -0.05) is 34.1 Å². The van der Waals surface area contributed by atoms with Crippen LogP contribution in [0.4, 0.5) is 5.69 Å². The van der Waals surface area contributed by atoms with E-state index >= 15 is 0 Å². The summed E-state index contributed by atoms with van der Waals surface area (Å²) in [5.41, 5.74) is 1.27. The summed E-state index contributed by atoms with van der Waals surface area (Å²) in [6.07, 6.45) is 0.807. The van der Waals surface area contributed by atoms with Crippen LogP contribution in [0.25, 0.3) is 0 Å². The van der Waals surface area contributed by atoms with E-state index in [1.165, 1.54) is 5.69 Å². The summed E-state index contributed by atoms with van der Waals surface area (Å²) in [7, 11) is -3.42. The number of nitrogens with zero attached hydrogens (tertiary/aromatic N) is 2. The Balaban J connectivity index is 1.39. The molecule has 7 heteroatoms. The van der Waals surface area contributed by atoms with Crippen LogP contribution in [0.2, 0.25) is 0 Å². The van der Waals surface area contributed by atoms with Crippen molar-refractivity contribution in [3.05, 3.63) is 59.1 Å². The molecule has 0 unspecified atom stereocenters. The number of hydrogen-bond donors (Lipinski definition) is 1. The fourth-order valence-electron chi connectivity index (χ4n) is 3.07. The van der Waals surface area contributed by atoms with Gasteiger partial charge in [0.05, 0.1) is 4.90 Å². The Bertz CT molecular complexity index is 789. The predicted octanol–water partition coefficient (Wildman–Crippen LogP) is 2.94. The van der Waals surface area contributed by atoms with Crippen LogP contribution < -0.4 is 9.62 Å². The van der Waals surface area contributed by atoms with Crippen molar-refractivity contribution in [2.75, 3.05) is 44.2 Å². The molecule has 0 bridgehead atoms. The summed E-state index contributed by atoms with van der Waals surface area (Å²) in [5, 5.41) is 0. The van der Waals surface area contributed by atoms with E-state index in [0.29, 0.717) is 11.4 Å². The maximum absolute atomic E-state index is 12.2. The number of piperazine rings is 1. The third-order valence-corrected chi connectivity index (χ3v) is 6.57. The van der Waals surface area contributed by atoms with Gasteiger partial charge in [0.1, 0.15) is 0 Å². The molecule has 1 aliphatic heterocycles. The normalized spacial score (nSPS) is 16.0. The van der Waals surface area contributed by atoms with Gasteiger partial charge in [0, 0.05) is 42.9 Å². The Kier molecular flexibility index (Phi) is 6.69. The maximum Gasteiger partial charge on any atom is 0.240 e. The molecule has 0 spiro atoms. The van der Waals surface area contributed by atoms with E-state index < -0.39 is 10.0 Å². The smallest absolute Gasteiger partial charge is 0.240 e. The molecule has 1 heterocycles. The SMILES string of the molecule is O=S(=O)(NCCCN1CCN(c2ccccc2)CC1)c1ccc(Br)cc1. The second-order valence-corrected chi connectivity index (χ2v) is 9.05. The minimum absolute atomic E-state index is 0.303. The molecule has 0 aromatic heterocycles.